The molecule has 0 unspecified atom stereocenters. The monoisotopic (exact) mass is 196 g/mol. The quantitative estimate of drug-likeness (QED) is 0.524. The third kappa shape index (κ3) is 1.10. The molecule has 0 fully saturated rings. The van der Waals surface area contributed by atoms with E-state index in [1.165, 1.54) is 0 Å². The molecule has 68 valence electrons. The van der Waals surface area contributed by atoms with E-state index in [2.05, 4.69) is 22.6 Å². The molecule has 0 amide bonds. The molecule has 3 N–H and O–H groups in total. The SMILES string of the molecule is Cn1cc(S)c2c(=O)[nH]c(N)nc21. The lowest BCUT2D eigenvalue weighted by Gasteiger charge is -1.95. The van der Waals surface area contributed by atoms with Crippen molar-refractivity contribution in [2.75, 3.05) is 5.73 Å². The van der Waals surface area contributed by atoms with Crippen molar-refractivity contribution in [1.82, 2.24) is 14.5 Å². The van der Waals surface area contributed by atoms with Gasteiger partial charge in [0.05, 0.1) is 5.39 Å². The lowest BCUT2D eigenvalue weighted by atomic mass is 10.4. The van der Waals surface area contributed by atoms with Crippen LogP contribution >= 0.6 is 12.6 Å². The van der Waals surface area contributed by atoms with Crippen molar-refractivity contribution in [1.29, 1.82) is 0 Å². The van der Waals surface area contributed by atoms with Gasteiger partial charge in [-0.3, -0.25) is 9.78 Å². The van der Waals surface area contributed by atoms with Gasteiger partial charge in [-0.1, -0.05) is 0 Å². The lowest BCUT2D eigenvalue weighted by Crippen LogP contribution is -2.11. The second kappa shape index (κ2) is 2.53. The summed E-state index contributed by atoms with van der Waals surface area (Å²) >= 11 is 4.15. The minimum Gasteiger partial charge on any atom is -0.369 e. The topological polar surface area (TPSA) is 76.7 Å². The Labute approximate surface area is 79.0 Å². The number of nitrogens with two attached hydrogens (primary N) is 1. The van der Waals surface area contributed by atoms with Gasteiger partial charge in [-0.25, -0.2) is 0 Å². The van der Waals surface area contributed by atoms with E-state index >= 15 is 0 Å². The maximum Gasteiger partial charge on any atom is 0.262 e. The lowest BCUT2D eigenvalue weighted by molar-refractivity contribution is 0.936. The molecule has 2 aromatic rings. The van der Waals surface area contributed by atoms with Gasteiger partial charge in [0.15, 0.2) is 0 Å². The number of H-pyrrole nitrogens is 1. The highest BCUT2D eigenvalue weighted by atomic mass is 32.1. The number of rotatable bonds is 0. The number of nitrogens with one attached hydrogen (secondary N) is 1. The molecule has 0 radical (unpaired) electrons. The van der Waals surface area contributed by atoms with Gasteiger partial charge in [0.1, 0.15) is 5.65 Å². The van der Waals surface area contributed by atoms with E-state index in [1.807, 2.05) is 0 Å². The van der Waals surface area contributed by atoms with Crippen LogP contribution in [0.5, 0.6) is 0 Å². The number of aryl methyl sites for hydroxylation is 1. The molecule has 5 nitrogen and oxygen atoms in total. The highest BCUT2D eigenvalue weighted by Crippen LogP contribution is 2.17. The van der Waals surface area contributed by atoms with Gasteiger partial charge in [0.25, 0.3) is 5.56 Å². The average molecular weight is 196 g/mol. The Morgan fingerprint density at radius 3 is 3.08 bits per heavy atom. The number of hydrogen-bond donors (Lipinski definition) is 3. The molecule has 0 saturated carbocycles. The van der Waals surface area contributed by atoms with Gasteiger partial charge in [-0.2, -0.15) is 4.98 Å². The van der Waals surface area contributed by atoms with Gasteiger partial charge in [0.2, 0.25) is 5.95 Å². The molecule has 0 aliphatic carbocycles. The predicted molar refractivity (Wildman–Crippen MR) is 53.0 cm³/mol. The number of thiol groups is 1. The Kier molecular flexibility index (Phi) is 1.59. The van der Waals surface area contributed by atoms with Gasteiger partial charge >= 0.3 is 0 Å². The van der Waals surface area contributed by atoms with Crippen LogP contribution in [0.1, 0.15) is 0 Å². The van der Waals surface area contributed by atoms with Crippen LogP contribution in [0.2, 0.25) is 0 Å². The zero-order chi connectivity index (χ0) is 9.59. The van der Waals surface area contributed by atoms with Crippen LogP contribution < -0.4 is 11.3 Å². The fourth-order valence-corrected chi connectivity index (χ4v) is 1.65. The molecular formula is C7H8N4OS. The Morgan fingerprint density at radius 2 is 2.38 bits per heavy atom. The normalized spacial score (nSPS) is 10.9. The van der Waals surface area contributed by atoms with Crippen molar-refractivity contribution in [2.45, 2.75) is 4.90 Å². The van der Waals surface area contributed by atoms with Crippen LogP contribution in [0.3, 0.4) is 0 Å². The smallest absolute Gasteiger partial charge is 0.262 e. The van der Waals surface area contributed by atoms with E-state index < -0.39 is 0 Å². The largest absolute Gasteiger partial charge is 0.369 e. The maximum absolute atomic E-state index is 11.4. The third-order valence-electron chi connectivity index (χ3n) is 1.82. The van der Waals surface area contributed by atoms with E-state index in [9.17, 15) is 4.79 Å². The molecule has 0 atom stereocenters. The first-order chi connectivity index (χ1) is 6.09. The number of aromatic amines is 1. The molecule has 0 spiro atoms. The number of anilines is 1. The summed E-state index contributed by atoms with van der Waals surface area (Å²) < 4.78 is 1.71. The van der Waals surface area contributed by atoms with Gasteiger partial charge in [-0.05, 0) is 0 Å². The minimum absolute atomic E-state index is 0.118. The number of aromatic nitrogens is 3. The molecule has 0 aliphatic heterocycles. The first-order valence-corrected chi connectivity index (χ1v) is 4.08. The first-order valence-electron chi connectivity index (χ1n) is 3.63. The summed E-state index contributed by atoms with van der Waals surface area (Å²) in [7, 11) is 1.79. The highest BCUT2D eigenvalue weighted by Gasteiger charge is 2.09. The van der Waals surface area contributed by atoms with Crippen molar-refractivity contribution in [3.8, 4) is 0 Å². The van der Waals surface area contributed by atoms with E-state index in [0.717, 1.165) is 0 Å². The van der Waals surface area contributed by atoms with E-state index in [0.29, 0.717) is 15.9 Å². The van der Waals surface area contributed by atoms with Crippen molar-refractivity contribution >= 4 is 29.6 Å². The molecule has 13 heavy (non-hydrogen) atoms. The van der Waals surface area contributed by atoms with Crippen molar-refractivity contribution in [2.24, 2.45) is 7.05 Å². The van der Waals surface area contributed by atoms with E-state index in [1.54, 1.807) is 17.8 Å². The fourth-order valence-electron chi connectivity index (χ4n) is 1.27. The van der Waals surface area contributed by atoms with Crippen LogP contribution in [0.15, 0.2) is 15.9 Å². The summed E-state index contributed by atoms with van der Waals surface area (Å²) in [6.45, 7) is 0. The van der Waals surface area contributed by atoms with Gasteiger partial charge in [-0.15, -0.1) is 12.6 Å². The molecule has 2 aromatic heterocycles. The van der Waals surface area contributed by atoms with Gasteiger partial charge in [0, 0.05) is 18.1 Å². The summed E-state index contributed by atoms with van der Waals surface area (Å²) in [5.41, 5.74) is 5.69. The number of nitrogens with zero attached hydrogens (tertiary/aromatic N) is 2. The summed E-state index contributed by atoms with van der Waals surface area (Å²) in [4.78, 5) is 18.4. The first kappa shape index (κ1) is 8.18. The van der Waals surface area contributed by atoms with E-state index in [4.69, 9.17) is 5.73 Å². The number of hydrogen-bond acceptors (Lipinski definition) is 4. The number of nitrogen functional groups attached to an aromatic ring is 1. The van der Waals surface area contributed by atoms with E-state index in [-0.39, 0.29) is 11.5 Å². The highest BCUT2D eigenvalue weighted by molar-refractivity contribution is 7.80. The fraction of sp³-hybridized carbons (Fsp3) is 0.143. The molecule has 0 aliphatic rings. The Morgan fingerprint density at radius 1 is 1.69 bits per heavy atom. The van der Waals surface area contributed by atoms with Crippen LogP contribution in [0, 0.1) is 0 Å². The second-order valence-electron chi connectivity index (χ2n) is 2.78. The summed E-state index contributed by atoms with van der Waals surface area (Å²) in [6.07, 6.45) is 1.72. The average Bonchev–Trinajstić information content (AvgIpc) is 2.27. The van der Waals surface area contributed by atoms with Crippen LogP contribution in [-0.2, 0) is 7.05 Å². The Bertz CT molecular complexity index is 527. The van der Waals surface area contributed by atoms with Crippen molar-refractivity contribution < 1.29 is 0 Å². The predicted octanol–water partition coefficient (Wildman–Crippen LogP) is 0.133. The zero-order valence-electron chi connectivity index (χ0n) is 6.90. The molecular weight excluding hydrogens is 188 g/mol. The van der Waals surface area contributed by atoms with Crippen LogP contribution in [0.25, 0.3) is 11.0 Å². The number of fused-ring (bicyclic) bond motifs is 1. The molecule has 2 heterocycles. The molecule has 0 bridgehead atoms. The summed E-state index contributed by atoms with van der Waals surface area (Å²) in [5, 5.41) is 0.472. The minimum atomic E-state index is -0.256. The summed E-state index contributed by atoms with van der Waals surface area (Å²) in [6, 6.07) is 0. The zero-order valence-corrected chi connectivity index (χ0v) is 7.80. The Balaban J connectivity index is 3.06. The van der Waals surface area contributed by atoms with Crippen LogP contribution in [-0.4, -0.2) is 14.5 Å². The van der Waals surface area contributed by atoms with Crippen LogP contribution in [0.4, 0.5) is 5.95 Å². The Hall–Kier alpha value is -1.43. The molecule has 0 saturated heterocycles. The second-order valence-corrected chi connectivity index (χ2v) is 3.26. The summed E-state index contributed by atoms with van der Waals surface area (Å²) in [5.74, 6) is 0.118. The molecule has 6 heteroatoms. The van der Waals surface area contributed by atoms with Crippen molar-refractivity contribution in [3.63, 3.8) is 0 Å². The van der Waals surface area contributed by atoms with Crippen molar-refractivity contribution in [3.05, 3.63) is 16.6 Å². The molecule has 2 rings (SSSR count). The van der Waals surface area contributed by atoms with Gasteiger partial charge < -0.3 is 10.3 Å². The maximum atomic E-state index is 11.4. The molecule has 0 aromatic carbocycles. The standard InChI is InChI=1S/C7H8N4OS/c1-11-2-3(13)4-5(11)9-7(8)10-6(4)12/h2,13H,1H3,(H3,8,9,10,12). The third-order valence-corrected chi connectivity index (χ3v) is 2.16.